The third-order valence-electron chi connectivity index (χ3n) is 5.98. The zero-order chi connectivity index (χ0) is 23.5. The first kappa shape index (κ1) is 22.7. The van der Waals surface area contributed by atoms with Gasteiger partial charge in [-0.05, 0) is 42.3 Å². The lowest BCUT2D eigenvalue weighted by molar-refractivity contribution is 0.0958. The van der Waals surface area contributed by atoms with Gasteiger partial charge in [-0.15, -0.1) is 0 Å². The van der Waals surface area contributed by atoms with E-state index >= 15 is 0 Å². The van der Waals surface area contributed by atoms with E-state index in [4.69, 9.17) is 0 Å². The van der Waals surface area contributed by atoms with Crippen LogP contribution in [0.5, 0.6) is 0 Å². The van der Waals surface area contributed by atoms with Crippen molar-refractivity contribution in [2.24, 2.45) is 0 Å². The predicted molar refractivity (Wildman–Crippen MR) is 131 cm³/mol. The number of carbonyl (C=O) groups excluding carboxylic acids is 1. The van der Waals surface area contributed by atoms with Gasteiger partial charge in [0.15, 0.2) is 0 Å². The molecule has 0 spiro atoms. The molecule has 1 aliphatic rings. The molecule has 5 heterocycles. The molecule has 4 aromatic heterocycles. The summed E-state index contributed by atoms with van der Waals surface area (Å²) in [7, 11) is 1.60. The summed E-state index contributed by atoms with van der Waals surface area (Å²) in [6.07, 6.45) is 4.63. The first-order chi connectivity index (χ1) is 16.1. The van der Waals surface area contributed by atoms with E-state index in [2.05, 4.69) is 29.7 Å². The van der Waals surface area contributed by atoms with Crippen molar-refractivity contribution in [3.8, 4) is 0 Å². The summed E-state index contributed by atoms with van der Waals surface area (Å²) in [4.78, 5) is 38.2. The van der Waals surface area contributed by atoms with E-state index in [1.807, 2.05) is 57.4 Å². The van der Waals surface area contributed by atoms with E-state index in [-0.39, 0.29) is 11.5 Å². The van der Waals surface area contributed by atoms with Crippen LogP contribution in [-0.2, 0) is 13.0 Å². The number of amides is 1. The molecule has 172 valence electrons. The van der Waals surface area contributed by atoms with Gasteiger partial charge in [0, 0.05) is 44.6 Å². The number of nitrogens with one attached hydrogen (secondary N) is 2. The molecule has 1 amide bonds. The number of pyridine rings is 3. The fourth-order valence-electron chi connectivity index (χ4n) is 4.23. The number of hydrogen-bond acceptors (Lipinski definition) is 5. The number of likely N-dealkylation sites (tertiary alicyclic amines) is 1. The van der Waals surface area contributed by atoms with Gasteiger partial charge in [0.05, 0.1) is 28.1 Å². The third-order valence-corrected chi connectivity index (χ3v) is 5.98. The Morgan fingerprint density at radius 2 is 1.97 bits per heavy atom. The first-order valence-electron chi connectivity index (χ1n) is 11.5. The number of hydrogen-bond donors (Lipinski definition) is 2. The highest BCUT2D eigenvalue weighted by atomic mass is 16.1. The molecule has 2 N–H and O–H groups in total. The van der Waals surface area contributed by atoms with Gasteiger partial charge in [0.25, 0.3) is 11.5 Å². The zero-order valence-corrected chi connectivity index (χ0v) is 19.6. The molecule has 1 fully saturated rings. The lowest BCUT2D eigenvalue weighted by Gasteiger charge is -2.40. The molecule has 1 aliphatic heterocycles. The highest BCUT2D eigenvalue weighted by molar-refractivity contribution is 5.94. The molecule has 33 heavy (non-hydrogen) atoms. The van der Waals surface area contributed by atoms with Crippen molar-refractivity contribution in [1.29, 1.82) is 0 Å². The van der Waals surface area contributed by atoms with E-state index in [1.165, 1.54) is 0 Å². The lowest BCUT2D eigenvalue weighted by atomic mass is 10.1. The minimum Gasteiger partial charge on any atom is -0.354 e. The molecule has 5 rings (SSSR count). The van der Waals surface area contributed by atoms with Crippen LogP contribution in [0.1, 0.15) is 48.4 Å². The van der Waals surface area contributed by atoms with Gasteiger partial charge in [-0.3, -0.25) is 19.5 Å². The molecule has 0 aromatic carbocycles. The van der Waals surface area contributed by atoms with Crippen LogP contribution in [0.2, 0.25) is 0 Å². The number of rotatable bonds is 5. The maximum absolute atomic E-state index is 12.1. The number of aromatic nitrogens is 4. The molecular formula is C25H30N6O2. The molecule has 8 heteroatoms. The maximum atomic E-state index is 12.1. The van der Waals surface area contributed by atoms with E-state index < -0.39 is 0 Å². The second-order valence-corrected chi connectivity index (χ2v) is 8.00. The zero-order valence-electron chi connectivity index (χ0n) is 19.6. The predicted octanol–water partition coefficient (Wildman–Crippen LogP) is 3.28. The van der Waals surface area contributed by atoms with Crippen molar-refractivity contribution in [3.63, 3.8) is 0 Å². The topological polar surface area (TPSA) is 95.9 Å². The average molecular weight is 447 g/mol. The van der Waals surface area contributed by atoms with Gasteiger partial charge in [0.1, 0.15) is 5.69 Å². The number of fused-ring (bicyclic) bond motifs is 2. The Hall–Kier alpha value is -3.52. The molecule has 0 saturated carbocycles. The van der Waals surface area contributed by atoms with Crippen LogP contribution in [0.4, 0.5) is 0 Å². The summed E-state index contributed by atoms with van der Waals surface area (Å²) in [5.74, 6) is -0.180. The Balaban J connectivity index is 0.00000126. The number of aromatic amines is 1. The standard InChI is InChI=1S/C23H24N6O2.C2H6/c1-3-15-9-19-20(27-22(15)30)8-14(10-25-19)11-28-12-16(13-28)29-7-6-17-21(29)5-4-18(26-17)23(31)24-2;1-2/h4-10,16H,3,11-13H2,1-2H3,(H,24,31)(H,27,30);1-2H3. The lowest BCUT2D eigenvalue weighted by Crippen LogP contribution is -2.46. The Morgan fingerprint density at radius 3 is 2.70 bits per heavy atom. The average Bonchev–Trinajstić information content (AvgIpc) is 3.24. The van der Waals surface area contributed by atoms with Crippen molar-refractivity contribution < 1.29 is 4.79 Å². The molecule has 0 unspecified atom stereocenters. The van der Waals surface area contributed by atoms with Crippen LogP contribution in [0, 0.1) is 0 Å². The highest BCUT2D eigenvalue weighted by Crippen LogP contribution is 2.28. The number of nitrogens with zero attached hydrogens (tertiary/aromatic N) is 4. The van der Waals surface area contributed by atoms with Gasteiger partial charge in [-0.25, -0.2) is 4.98 Å². The van der Waals surface area contributed by atoms with Crippen LogP contribution in [0.3, 0.4) is 0 Å². The Labute approximate surface area is 192 Å². The summed E-state index contributed by atoms with van der Waals surface area (Å²) < 4.78 is 2.23. The largest absolute Gasteiger partial charge is 0.354 e. The van der Waals surface area contributed by atoms with E-state index in [0.29, 0.717) is 18.2 Å². The summed E-state index contributed by atoms with van der Waals surface area (Å²) in [6.45, 7) is 8.60. The van der Waals surface area contributed by atoms with Crippen molar-refractivity contribution in [2.45, 2.75) is 39.8 Å². The van der Waals surface area contributed by atoms with Gasteiger partial charge < -0.3 is 14.9 Å². The van der Waals surface area contributed by atoms with Gasteiger partial charge in [-0.2, -0.15) is 0 Å². The van der Waals surface area contributed by atoms with Crippen molar-refractivity contribution in [1.82, 2.24) is 29.7 Å². The number of H-pyrrole nitrogens is 1. The molecular weight excluding hydrogens is 416 g/mol. The van der Waals surface area contributed by atoms with Gasteiger partial charge in [-0.1, -0.05) is 20.8 Å². The van der Waals surface area contributed by atoms with E-state index in [9.17, 15) is 9.59 Å². The smallest absolute Gasteiger partial charge is 0.269 e. The fraction of sp³-hybridized carbons (Fsp3) is 0.360. The minimum atomic E-state index is -0.180. The highest BCUT2D eigenvalue weighted by Gasteiger charge is 2.29. The minimum absolute atomic E-state index is 0.0364. The van der Waals surface area contributed by atoms with Crippen LogP contribution < -0.4 is 10.9 Å². The van der Waals surface area contributed by atoms with Crippen molar-refractivity contribution >= 4 is 28.0 Å². The molecule has 0 bridgehead atoms. The quantitative estimate of drug-likeness (QED) is 0.491. The van der Waals surface area contributed by atoms with Crippen LogP contribution in [0.15, 0.2) is 47.5 Å². The second-order valence-electron chi connectivity index (χ2n) is 8.00. The monoisotopic (exact) mass is 446 g/mol. The molecule has 0 radical (unpaired) electrons. The molecule has 8 nitrogen and oxygen atoms in total. The van der Waals surface area contributed by atoms with Crippen LogP contribution in [-0.4, -0.2) is 50.5 Å². The SMILES string of the molecule is CC.CCc1cc2ncc(CN3CC(n4ccc5nc(C(=O)NC)ccc54)C3)cc2[nH]c1=O. The van der Waals surface area contributed by atoms with Crippen molar-refractivity contribution in [3.05, 3.63) is 69.9 Å². The molecule has 4 aromatic rings. The third kappa shape index (κ3) is 4.39. The van der Waals surface area contributed by atoms with Crippen LogP contribution in [0.25, 0.3) is 22.1 Å². The van der Waals surface area contributed by atoms with Gasteiger partial charge in [0.2, 0.25) is 0 Å². The number of aryl methyl sites for hydroxylation is 1. The van der Waals surface area contributed by atoms with Gasteiger partial charge >= 0.3 is 0 Å². The Bertz CT molecular complexity index is 1350. The Kier molecular flexibility index (Phi) is 6.55. The van der Waals surface area contributed by atoms with Crippen molar-refractivity contribution in [2.75, 3.05) is 20.1 Å². The fourth-order valence-corrected chi connectivity index (χ4v) is 4.23. The Morgan fingerprint density at radius 1 is 1.18 bits per heavy atom. The van der Waals surface area contributed by atoms with Crippen LogP contribution >= 0.6 is 0 Å². The number of carbonyl (C=O) groups is 1. The summed E-state index contributed by atoms with van der Waals surface area (Å²) >= 11 is 0. The summed E-state index contributed by atoms with van der Waals surface area (Å²) in [5, 5.41) is 2.61. The second kappa shape index (κ2) is 9.54. The molecule has 1 saturated heterocycles. The normalized spacial score (nSPS) is 14.1. The summed E-state index contributed by atoms with van der Waals surface area (Å²) in [5.41, 5.74) is 5.70. The first-order valence-corrected chi connectivity index (χ1v) is 11.5. The maximum Gasteiger partial charge on any atom is 0.269 e. The van der Waals surface area contributed by atoms with E-state index in [0.717, 1.165) is 52.8 Å². The molecule has 0 atom stereocenters. The van der Waals surface area contributed by atoms with E-state index in [1.54, 1.807) is 13.1 Å². The summed E-state index contributed by atoms with van der Waals surface area (Å²) in [6, 6.07) is 9.94. The molecule has 0 aliphatic carbocycles.